The Labute approximate surface area is 480 Å². The Morgan fingerprint density at radius 3 is 1.12 bits per heavy atom. The molecule has 86 heavy (non-hydrogen) atoms. The van der Waals surface area contributed by atoms with Gasteiger partial charge in [-0.25, -0.2) is 26.3 Å². The molecule has 5 rings (SSSR count). The summed E-state index contributed by atoms with van der Waals surface area (Å²) in [6.07, 6.45) is -61.5. The minimum Gasteiger partial charge on any atom is -0.479 e. The van der Waals surface area contributed by atoms with Crippen LogP contribution in [-0.2, 0) is 141 Å². The highest BCUT2D eigenvalue weighted by molar-refractivity contribution is 7.84. The maximum Gasteiger partial charge on any atom is 0.397 e. The van der Waals surface area contributed by atoms with Gasteiger partial charge in [0.05, 0.1) is 19.8 Å². The average molecular weight is 1410 g/mol. The number of aliphatic carboxylic acids is 2. The zero-order valence-electron chi connectivity index (χ0n) is 41.4. The van der Waals surface area contributed by atoms with E-state index in [2.05, 4.69) is 16.7 Å². The SMILES string of the molecule is O=C(O)[C@@H]1O[C@H](O[C@@H]2[C@H](O)[C@@H](NS(=O)(=O)O)[C@H](O[C@@H]3C(O)[C@H](OS(=O)(=O)O)[C@@H](O[C@@H]4C(O)[C@H](NS(=O)(=O)O)C(O)O[C@@H]4COS(=O)(=O)O)O[C@H]3C(=O)O)O[C@H]2COS(=O)(=O)O)[C@H](O)[C@@H](O)[C@H]1O[C@@H]1O[C@@H](COS(=O)(=O)O)[C@H](O)[C@H](O)[C@H]1NS(=O)(=O)O. The van der Waals surface area contributed by atoms with E-state index in [9.17, 15) is 142 Å². The van der Waals surface area contributed by atoms with Crippen LogP contribution in [0.25, 0.3) is 0 Å². The molecule has 0 aromatic carbocycles. The van der Waals surface area contributed by atoms with Gasteiger partial charge in [-0.1, -0.05) is 0 Å². The van der Waals surface area contributed by atoms with Crippen molar-refractivity contribution in [1.29, 1.82) is 0 Å². The zero-order chi connectivity index (χ0) is 65.5. The van der Waals surface area contributed by atoms with Crippen molar-refractivity contribution >= 4 is 84.4 Å². The molecule has 0 aromatic rings. The number of hydrogen-bond donors (Lipinski definition) is 20. The largest absolute Gasteiger partial charge is 0.479 e. The van der Waals surface area contributed by atoms with Gasteiger partial charge >= 0.3 is 84.4 Å². The minimum absolute atomic E-state index is 1.22. The van der Waals surface area contributed by atoms with Crippen LogP contribution in [0.3, 0.4) is 0 Å². The molecule has 5 saturated heterocycles. The molecule has 0 aromatic heterocycles. The zero-order valence-corrected chi connectivity index (χ0v) is 47.1. The number of carboxylic acid groups (broad SMARTS) is 2. The summed E-state index contributed by atoms with van der Waals surface area (Å²) in [6.45, 7) is -4.86. The normalized spacial score (nSPS) is 40.0. The average Bonchev–Trinajstić information content (AvgIpc) is 0.845. The molecule has 0 aliphatic carbocycles. The molecule has 20 N–H and O–H groups in total. The molecule has 0 spiro atoms. The van der Waals surface area contributed by atoms with Gasteiger partial charge < -0.3 is 93.7 Å². The van der Waals surface area contributed by atoms with Crippen molar-refractivity contribution in [3.05, 3.63) is 0 Å². The number of carbonyl (C=O) groups is 2. The number of aliphatic hydroxyl groups is 8. The van der Waals surface area contributed by atoms with Crippen molar-refractivity contribution in [2.45, 2.75) is 153 Å². The second-order valence-corrected chi connectivity index (χ2v) is 25.9. The van der Waals surface area contributed by atoms with E-state index in [-0.39, 0.29) is 0 Å². The molecule has 504 valence electrons. The van der Waals surface area contributed by atoms with Gasteiger partial charge in [0.25, 0.3) is 0 Å². The summed E-state index contributed by atoms with van der Waals surface area (Å²) >= 11 is 0. The lowest BCUT2D eigenvalue weighted by Gasteiger charge is -2.50. The number of nitrogens with one attached hydrogen (secondary N) is 3. The van der Waals surface area contributed by atoms with Crippen LogP contribution < -0.4 is 14.2 Å². The van der Waals surface area contributed by atoms with Gasteiger partial charge in [-0.15, -0.1) is 0 Å². The molecule has 5 aliphatic heterocycles. The van der Waals surface area contributed by atoms with Crippen molar-refractivity contribution in [2.75, 3.05) is 19.8 Å². The summed E-state index contributed by atoms with van der Waals surface area (Å²) in [4.78, 5) is 25.5. The van der Waals surface area contributed by atoms with Gasteiger partial charge in [0, 0.05) is 0 Å². The fraction of sp³-hybridized carbons (Fsp3) is 0.933. The fourth-order valence-electron chi connectivity index (χ4n) is 8.56. The summed E-state index contributed by atoms with van der Waals surface area (Å²) in [7, 11) is -39.7. The van der Waals surface area contributed by atoms with E-state index in [4.69, 9.17) is 51.7 Å². The van der Waals surface area contributed by atoms with Gasteiger partial charge in [0.15, 0.2) is 49.8 Å². The summed E-state index contributed by atoms with van der Waals surface area (Å²) in [5.41, 5.74) is 0. The van der Waals surface area contributed by atoms with Gasteiger partial charge in [0.2, 0.25) is 0 Å². The Bertz CT molecular complexity index is 3190. The highest BCUT2D eigenvalue weighted by atomic mass is 32.3. The van der Waals surface area contributed by atoms with Gasteiger partial charge in [0.1, 0.15) is 104 Å². The van der Waals surface area contributed by atoms with Crippen LogP contribution in [0.2, 0.25) is 0 Å². The van der Waals surface area contributed by atoms with Crippen LogP contribution >= 0.6 is 0 Å². The fourth-order valence-corrected chi connectivity index (χ4v) is 11.8. The van der Waals surface area contributed by atoms with Crippen LogP contribution in [-0.4, -0.2) is 327 Å². The highest BCUT2D eigenvalue weighted by Crippen LogP contribution is 2.37. The monoisotopic (exact) mass is 1410 g/mol. The van der Waals surface area contributed by atoms with E-state index in [0.717, 1.165) is 0 Å². The predicted octanol–water partition coefficient (Wildman–Crippen LogP) is -14.2. The summed E-state index contributed by atoms with van der Waals surface area (Å²) < 4.78 is 299. The van der Waals surface area contributed by atoms with E-state index in [0.29, 0.717) is 0 Å². The minimum atomic E-state index is -6.08. The van der Waals surface area contributed by atoms with E-state index in [1.807, 2.05) is 0 Å². The summed E-state index contributed by atoms with van der Waals surface area (Å²) in [5, 5.41) is 109. The first kappa shape index (κ1) is 74.1. The number of hydrogen-bond acceptors (Lipinski definition) is 37. The lowest BCUT2D eigenvalue weighted by molar-refractivity contribution is -0.374. The molecule has 5 aliphatic rings. The summed E-state index contributed by atoms with van der Waals surface area (Å²) in [6, 6.07) is -7.96. The summed E-state index contributed by atoms with van der Waals surface area (Å²) in [5.74, 6) is -4.74. The standard InChI is InChI=1S/C30H51N3O46S7/c34-10-4(1-67-83(55,56)57)71-27(8(11(10)35)32-81(49,50)51)75-19-14(38)15(39)29(77-22(19)24(41)42)73-18-6(3-69-85(61,62)63)72-28(9(13(18)37)33-82(52,53)54)76-20-16(40)21(79-86(64,65)66)30(78-23(20)25(43)44)74-17-5(2-68-84(58,59)60)70-26(45)7(12(17)36)31-80(46,47)48/h4-23,26-40,45H,1-3H2,(H,41,42)(H,43,44)(H,46,47,48)(H,49,50,51)(H,52,53,54)(H,55,56,57)(H,58,59,60)(H,61,62,63)(H,64,65,66)/t4-,5+,6-,7-,8+,9+,10-,11+,12?,13+,14+,15+,16?,17-,18-,19+,20+,21-,22+,23+,26?,27-,28-,29-,30-/m0/s1. The third kappa shape index (κ3) is 20.7. The number of aliphatic hydroxyl groups excluding tert-OH is 8. The quantitative estimate of drug-likeness (QED) is 0.0340. The van der Waals surface area contributed by atoms with Crippen LogP contribution in [0.1, 0.15) is 0 Å². The Balaban J connectivity index is 1.51. The molecule has 49 nitrogen and oxygen atoms in total. The number of ether oxygens (including phenoxy) is 9. The number of rotatable bonds is 27. The first-order chi connectivity index (χ1) is 38.9. The molecule has 0 radical (unpaired) electrons. The topological polar surface area (TPSA) is 773 Å². The maximum atomic E-state index is 12.8. The molecule has 5 fully saturated rings. The molecule has 0 bridgehead atoms. The third-order valence-corrected chi connectivity index (χ3v) is 15.5. The van der Waals surface area contributed by atoms with Gasteiger partial charge in [-0.2, -0.15) is 73.1 Å². The Kier molecular flexibility index (Phi) is 24.2. The highest BCUT2D eigenvalue weighted by Gasteiger charge is 2.60. The first-order valence-corrected chi connectivity index (χ1v) is 32.3. The molecule has 0 saturated carbocycles. The lowest BCUT2D eigenvalue weighted by Crippen LogP contribution is -2.71. The Morgan fingerprint density at radius 1 is 0.349 bits per heavy atom. The van der Waals surface area contributed by atoms with Crippen LogP contribution in [0.5, 0.6) is 0 Å². The van der Waals surface area contributed by atoms with Gasteiger partial charge in [-0.05, 0) is 0 Å². The molecule has 3 unspecified atom stereocenters. The molecular formula is C30H51N3O46S7. The smallest absolute Gasteiger partial charge is 0.397 e. The molecule has 56 heteroatoms. The van der Waals surface area contributed by atoms with E-state index < -0.39 is 258 Å². The molecule has 25 atom stereocenters. The Morgan fingerprint density at radius 2 is 0.698 bits per heavy atom. The predicted molar refractivity (Wildman–Crippen MR) is 247 cm³/mol. The molecule has 5 heterocycles. The Hall–Kier alpha value is -2.65. The molecular weight excluding hydrogens is 1360 g/mol. The van der Waals surface area contributed by atoms with Crippen LogP contribution in [0.4, 0.5) is 0 Å². The van der Waals surface area contributed by atoms with Crippen molar-refractivity contribution in [3.63, 3.8) is 0 Å². The molecule has 0 amide bonds. The first-order valence-electron chi connectivity index (χ1n) is 22.5. The lowest BCUT2D eigenvalue weighted by atomic mass is 9.94. The van der Waals surface area contributed by atoms with Crippen molar-refractivity contribution in [3.8, 4) is 0 Å². The van der Waals surface area contributed by atoms with Crippen molar-refractivity contribution < 1.29 is 211 Å². The van der Waals surface area contributed by atoms with Gasteiger partial charge in [-0.3, -0.25) is 31.9 Å². The van der Waals surface area contributed by atoms with E-state index in [1.165, 1.54) is 14.2 Å². The van der Waals surface area contributed by atoms with Crippen molar-refractivity contribution in [1.82, 2.24) is 14.2 Å². The second-order valence-electron chi connectivity index (χ2n) is 18.0. The van der Waals surface area contributed by atoms with Crippen LogP contribution in [0.15, 0.2) is 0 Å². The third-order valence-electron chi connectivity index (χ3n) is 12.0. The van der Waals surface area contributed by atoms with E-state index in [1.54, 1.807) is 0 Å². The maximum absolute atomic E-state index is 12.8. The van der Waals surface area contributed by atoms with Crippen LogP contribution in [0, 0.1) is 0 Å². The van der Waals surface area contributed by atoms with E-state index >= 15 is 0 Å². The van der Waals surface area contributed by atoms with Crippen molar-refractivity contribution in [2.24, 2.45) is 0 Å². The second kappa shape index (κ2) is 28.1. The number of carboxylic acids is 2.